The van der Waals surface area contributed by atoms with Crippen molar-refractivity contribution in [3.05, 3.63) is 30.1 Å². The molecule has 0 radical (unpaired) electrons. The lowest BCUT2D eigenvalue weighted by molar-refractivity contribution is 0.193. The molecular formula is C17H26N4. The van der Waals surface area contributed by atoms with E-state index in [0.29, 0.717) is 12.1 Å². The normalized spacial score (nSPS) is 20.5. The molecule has 2 unspecified atom stereocenters. The first-order valence-electron chi connectivity index (χ1n) is 8.09. The lowest BCUT2D eigenvalue weighted by atomic mass is 10.1. The van der Waals surface area contributed by atoms with Crippen LogP contribution in [-0.4, -0.2) is 40.1 Å². The summed E-state index contributed by atoms with van der Waals surface area (Å²) in [6, 6.07) is 9.37. The molecule has 1 fully saturated rings. The molecule has 0 aliphatic carbocycles. The number of hydrogen-bond acceptors (Lipinski definition) is 3. The van der Waals surface area contributed by atoms with Gasteiger partial charge >= 0.3 is 0 Å². The van der Waals surface area contributed by atoms with Gasteiger partial charge in [0, 0.05) is 19.6 Å². The van der Waals surface area contributed by atoms with Crippen molar-refractivity contribution in [1.29, 1.82) is 0 Å². The Morgan fingerprint density at radius 2 is 2.24 bits per heavy atom. The molecule has 2 atom stereocenters. The topological polar surface area (TPSA) is 33.1 Å². The molecule has 21 heavy (non-hydrogen) atoms. The number of benzene rings is 1. The van der Waals surface area contributed by atoms with Gasteiger partial charge in [-0.1, -0.05) is 19.1 Å². The highest BCUT2D eigenvalue weighted by atomic mass is 15.2. The molecule has 4 heteroatoms. The van der Waals surface area contributed by atoms with E-state index >= 15 is 0 Å². The van der Waals surface area contributed by atoms with Crippen LogP contribution in [0, 0.1) is 0 Å². The number of fused-ring (bicyclic) bond motifs is 1. The lowest BCUT2D eigenvalue weighted by Gasteiger charge is -2.30. The van der Waals surface area contributed by atoms with Gasteiger partial charge in [0.15, 0.2) is 0 Å². The summed E-state index contributed by atoms with van der Waals surface area (Å²) in [6.45, 7) is 7.86. The monoisotopic (exact) mass is 286 g/mol. The number of aromatic nitrogens is 2. The van der Waals surface area contributed by atoms with E-state index in [-0.39, 0.29) is 0 Å². The summed E-state index contributed by atoms with van der Waals surface area (Å²) >= 11 is 0. The molecule has 1 N–H and O–H groups in total. The van der Waals surface area contributed by atoms with Crippen LogP contribution >= 0.6 is 0 Å². The van der Waals surface area contributed by atoms with Crippen LogP contribution in [0.5, 0.6) is 0 Å². The van der Waals surface area contributed by atoms with Crippen molar-refractivity contribution < 1.29 is 0 Å². The summed E-state index contributed by atoms with van der Waals surface area (Å²) < 4.78 is 2.24. The molecular weight excluding hydrogens is 260 g/mol. The van der Waals surface area contributed by atoms with Crippen LogP contribution in [0.4, 0.5) is 0 Å². The molecule has 2 heterocycles. The summed E-state index contributed by atoms with van der Waals surface area (Å²) in [5.41, 5.74) is 2.31. The average Bonchev–Trinajstić information content (AvgIpc) is 3.13. The Kier molecular flexibility index (Phi) is 4.27. The molecule has 1 aromatic heterocycles. The quantitative estimate of drug-likeness (QED) is 0.917. The van der Waals surface area contributed by atoms with Gasteiger partial charge in [0.1, 0.15) is 5.82 Å². The third kappa shape index (κ3) is 2.83. The van der Waals surface area contributed by atoms with Crippen molar-refractivity contribution in [2.24, 2.45) is 7.05 Å². The highest BCUT2D eigenvalue weighted by molar-refractivity contribution is 5.75. The third-order valence-corrected chi connectivity index (χ3v) is 4.77. The number of rotatable bonds is 5. The second kappa shape index (κ2) is 6.16. The fourth-order valence-corrected chi connectivity index (χ4v) is 3.46. The first kappa shape index (κ1) is 14.5. The van der Waals surface area contributed by atoms with Crippen molar-refractivity contribution in [3.63, 3.8) is 0 Å². The number of nitrogens with one attached hydrogen (secondary N) is 1. The van der Waals surface area contributed by atoms with Crippen LogP contribution in [0.2, 0.25) is 0 Å². The van der Waals surface area contributed by atoms with E-state index in [0.717, 1.165) is 24.4 Å². The molecule has 1 aromatic carbocycles. The number of hydrogen-bond donors (Lipinski definition) is 1. The van der Waals surface area contributed by atoms with Gasteiger partial charge in [-0.2, -0.15) is 0 Å². The van der Waals surface area contributed by atoms with Crippen molar-refractivity contribution >= 4 is 11.0 Å². The van der Waals surface area contributed by atoms with Crippen LogP contribution in [0.15, 0.2) is 24.3 Å². The predicted molar refractivity (Wildman–Crippen MR) is 87.4 cm³/mol. The van der Waals surface area contributed by atoms with E-state index in [9.17, 15) is 0 Å². The number of imidazole rings is 1. The second-order valence-corrected chi connectivity index (χ2v) is 6.07. The van der Waals surface area contributed by atoms with Gasteiger partial charge in [0.25, 0.3) is 0 Å². The molecule has 4 nitrogen and oxygen atoms in total. The van der Waals surface area contributed by atoms with Crippen LogP contribution in [0.25, 0.3) is 11.0 Å². The van der Waals surface area contributed by atoms with Gasteiger partial charge in [-0.05, 0) is 45.0 Å². The Bertz CT molecular complexity index is 598. The van der Waals surface area contributed by atoms with Crippen LogP contribution in [-0.2, 0) is 7.05 Å². The molecule has 3 rings (SSSR count). The van der Waals surface area contributed by atoms with Crippen LogP contribution < -0.4 is 5.32 Å². The Morgan fingerprint density at radius 1 is 1.43 bits per heavy atom. The van der Waals surface area contributed by atoms with Gasteiger partial charge in [0.2, 0.25) is 0 Å². The fourth-order valence-electron chi connectivity index (χ4n) is 3.46. The van der Waals surface area contributed by atoms with Gasteiger partial charge in [0.05, 0.1) is 17.1 Å². The first-order chi connectivity index (χ1) is 10.2. The maximum absolute atomic E-state index is 4.86. The van der Waals surface area contributed by atoms with Crippen molar-refractivity contribution in [1.82, 2.24) is 19.8 Å². The summed E-state index contributed by atoms with van der Waals surface area (Å²) in [5.74, 6) is 1.16. The van der Waals surface area contributed by atoms with E-state index < -0.39 is 0 Å². The maximum Gasteiger partial charge on any atom is 0.126 e. The zero-order chi connectivity index (χ0) is 14.8. The standard InChI is InChI=1S/C17H26N4/c1-4-21(12-14-8-7-11-18-14)13(2)17-19-15-9-5-6-10-16(15)20(17)3/h5-6,9-10,13-14,18H,4,7-8,11-12H2,1-3H3. The molecule has 2 aromatic rings. The molecule has 114 valence electrons. The van der Waals surface area contributed by atoms with Crippen molar-refractivity contribution in [3.8, 4) is 0 Å². The largest absolute Gasteiger partial charge is 0.330 e. The van der Waals surface area contributed by atoms with E-state index in [1.54, 1.807) is 0 Å². The molecule has 0 bridgehead atoms. The first-order valence-corrected chi connectivity index (χ1v) is 8.09. The molecule has 0 amide bonds. The Balaban J connectivity index is 1.83. The van der Waals surface area contributed by atoms with E-state index in [1.165, 1.54) is 24.9 Å². The molecule has 0 saturated carbocycles. The molecule has 1 aliphatic heterocycles. The smallest absolute Gasteiger partial charge is 0.126 e. The number of aryl methyl sites for hydroxylation is 1. The third-order valence-electron chi connectivity index (χ3n) is 4.77. The number of para-hydroxylation sites is 2. The predicted octanol–water partition coefficient (Wildman–Crippen LogP) is 2.71. The molecule has 0 spiro atoms. The van der Waals surface area contributed by atoms with Gasteiger partial charge in [-0.15, -0.1) is 0 Å². The summed E-state index contributed by atoms with van der Waals surface area (Å²) in [4.78, 5) is 7.39. The summed E-state index contributed by atoms with van der Waals surface area (Å²) in [5, 5.41) is 3.60. The number of nitrogens with zero attached hydrogens (tertiary/aromatic N) is 3. The van der Waals surface area contributed by atoms with Crippen LogP contribution in [0.3, 0.4) is 0 Å². The van der Waals surface area contributed by atoms with Gasteiger partial charge < -0.3 is 9.88 Å². The minimum absolute atomic E-state index is 0.342. The fraction of sp³-hybridized carbons (Fsp3) is 0.588. The summed E-state index contributed by atoms with van der Waals surface area (Å²) in [6.07, 6.45) is 2.61. The highest BCUT2D eigenvalue weighted by Crippen LogP contribution is 2.24. The van der Waals surface area contributed by atoms with E-state index in [1.807, 2.05) is 0 Å². The van der Waals surface area contributed by atoms with E-state index in [4.69, 9.17) is 4.98 Å². The Hall–Kier alpha value is -1.39. The van der Waals surface area contributed by atoms with Crippen LogP contribution in [0.1, 0.15) is 38.6 Å². The number of likely N-dealkylation sites (N-methyl/N-ethyl adjacent to an activating group) is 1. The zero-order valence-electron chi connectivity index (χ0n) is 13.3. The Morgan fingerprint density at radius 3 is 2.90 bits per heavy atom. The van der Waals surface area contributed by atoms with Crippen molar-refractivity contribution in [2.45, 2.75) is 38.8 Å². The highest BCUT2D eigenvalue weighted by Gasteiger charge is 2.24. The summed E-state index contributed by atoms with van der Waals surface area (Å²) in [7, 11) is 2.13. The maximum atomic E-state index is 4.86. The second-order valence-electron chi connectivity index (χ2n) is 6.07. The molecule has 1 aliphatic rings. The van der Waals surface area contributed by atoms with Gasteiger partial charge in [-0.3, -0.25) is 4.90 Å². The Labute approximate surface area is 127 Å². The minimum atomic E-state index is 0.342. The average molecular weight is 286 g/mol. The van der Waals surface area contributed by atoms with E-state index in [2.05, 4.69) is 59.9 Å². The van der Waals surface area contributed by atoms with Gasteiger partial charge in [-0.25, -0.2) is 4.98 Å². The molecule has 1 saturated heterocycles. The van der Waals surface area contributed by atoms with Crippen molar-refractivity contribution in [2.75, 3.05) is 19.6 Å². The minimum Gasteiger partial charge on any atom is -0.330 e. The SMILES string of the molecule is CCN(CC1CCCN1)C(C)c1nc2ccccc2n1C. The zero-order valence-corrected chi connectivity index (χ0v) is 13.3. The lowest BCUT2D eigenvalue weighted by Crippen LogP contribution is -2.39.